The molecule has 0 aromatic carbocycles. The lowest BCUT2D eigenvalue weighted by Crippen LogP contribution is -2.18. The molecule has 0 radical (unpaired) electrons. The van der Waals surface area contributed by atoms with Crippen molar-refractivity contribution in [2.75, 3.05) is 11.1 Å². The average Bonchev–Trinajstić information content (AvgIpc) is 3.02. The number of nitrogens with one attached hydrogen (secondary N) is 1. The summed E-state index contributed by atoms with van der Waals surface area (Å²) >= 11 is 3.04. The highest BCUT2D eigenvalue weighted by atomic mass is 32.2. The van der Waals surface area contributed by atoms with E-state index < -0.39 is 0 Å². The minimum absolute atomic E-state index is 0.0193. The van der Waals surface area contributed by atoms with E-state index >= 15 is 0 Å². The molecule has 1 N–H and O–H groups in total. The summed E-state index contributed by atoms with van der Waals surface area (Å²) in [6.45, 7) is 6.89. The molecule has 0 saturated heterocycles. The number of carbonyl (C=O) groups is 1. The van der Waals surface area contributed by atoms with E-state index in [2.05, 4.69) is 22.3 Å². The summed E-state index contributed by atoms with van der Waals surface area (Å²) in [5.74, 6) is 1.16. The molecule has 0 saturated carbocycles. The van der Waals surface area contributed by atoms with Gasteiger partial charge in [0.25, 0.3) is 0 Å². The molecule has 0 aliphatic heterocycles. The van der Waals surface area contributed by atoms with Gasteiger partial charge in [-0.1, -0.05) is 25.1 Å². The zero-order valence-corrected chi connectivity index (χ0v) is 14.2. The van der Waals surface area contributed by atoms with Crippen LogP contribution in [0, 0.1) is 13.8 Å². The number of nitrogens with zero attached hydrogens (tertiary/aromatic N) is 3. The van der Waals surface area contributed by atoms with Crippen molar-refractivity contribution in [1.29, 1.82) is 0 Å². The molecule has 2 heterocycles. The summed E-state index contributed by atoms with van der Waals surface area (Å²) in [4.78, 5) is 16.4. The molecule has 0 spiro atoms. The molecule has 0 aliphatic carbocycles. The van der Waals surface area contributed by atoms with E-state index in [9.17, 15) is 4.79 Å². The monoisotopic (exact) mass is 324 g/mol. The second kappa shape index (κ2) is 7.61. The van der Waals surface area contributed by atoms with Crippen LogP contribution in [0.4, 0.5) is 5.82 Å². The van der Waals surface area contributed by atoms with Crippen molar-refractivity contribution >= 4 is 34.8 Å². The Morgan fingerprint density at radius 2 is 2.29 bits per heavy atom. The Hall–Kier alpha value is -1.34. The van der Waals surface area contributed by atoms with Crippen molar-refractivity contribution in [3.63, 3.8) is 0 Å². The Morgan fingerprint density at radius 3 is 2.95 bits per heavy atom. The molecule has 0 fully saturated rings. The van der Waals surface area contributed by atoms with Crippen LogP contribution >= 0.6 is 23.1 Å². The SMILES string of the molecule is CCCCn1ncc(C)c1NC(=O)CSc1nc(C)cs1. The lowest BCUT2D eigenvalue weighted by atomic mass is 10.3. The lowest BCUT2D eigenvalue weighted by molar-refractivity contribution is -0.113. The third-order valence-electron chi connectivity index (χ3n) is 2.93. The van der Waals surface area contributed by atoms with Gasteiger partial charge in [0.2, 0.25) is 5.91 Å². The van der Waals surface area contributed by atoms with Crippen LogP contribution in [0.15, 0.2) is 15.9 Å². The number of hydrogen-bond donors (Lipinski definition) is 1. The molecular weight excluding hydrogens is 304 g/mol. The van der Waals surface area contributed by atoms with Crippen molar-refractivity contribution in [2.24, 2.45) is 0 Å². The van der Waals surface area contributed by atoms with Gasteiger partial charge < -0.3 is 5.32 Å². The highest BCUT2D eigenvalue weighted by Crippen LogP contribution is 2.23. The second-order valence-corrected chi connectivity index (χ2v) is 6.93. The number of aromatic nitrogens is 3. The highest BCUT2D eigenvalue weighted by molar-refractivity contribution is 8.01. The molecule has 1 amide bonds. The van der Waals surface area contributed by atoms with Gasteiger partial charge >= 0.3 is 0 Å². The number of anilines is 1. The van der Waals surface area contributed by atoms with E-state index in [0.29, 0.717) is 5.75 Å². The predicted molar refractivity (Wildman–Crippen MR) is 88.1 cm³/mol. The van der Waals surface area contributed by atoms with E-state index in [1.165, 1.54) is 11.8 Å². The van der Waals surface area contributed by atoms with Gasteiger partial charge in [-0.05, 0) is 20.3 Å². The maximum Gasteiger partial charge on any atom is 0.235 e. The Labute approximate surface area is 133 Å². The molecule has 0 aliphatic rings. The van der Waals surface area contributed by atoms with Gasteiger partial charge in [0.15, 0.2) is 4.34 Å². The minimum atomic E-state index is -0.0193. The van der Waals surface area contributed by atoms with Gasteiger partial charge in [0.05, 0.1) is 11.9 Å². The molecule has 21 heavy (non-hydrogen) atoms. The number of unbranched alkanes of at least 4 members (excludes halogenated alkanes) is 1. The maximum absolute atomic E-state index is 12.1. The first-order valence-electron chi connectivity index (χ1n) is 6.97. The van der Waals surface area contributed by atoms with Gasteiger partial charge in [0, 0.05) is 23.2 Å². The van der Waals surface area contributed by atoms with Crippen LogP contribution in [0.25, 0.3) is 0 Å². The summed E-state index contributed by atoms with van der Waals surface area (Å²) in [6, 6.07) is 0. The number of rotatable bonds is 7. The zero-order chi connectivity index (χ0) is 15.2. The second-order valence-electron chi connectivity index (χ2n) is 4.84. The predicted octanol–water partition coefficient (Wildman–Crippen LogP) is 3.49. The average molecular weight is 324 g/mol. The third-order valence-corrected chi connectivity index (χ3v) is 5.07. The summed E-state index contributed by atoms with van der Waals surface area (Å²) in [6.07, 6.45) is 3.95. The zero-order valence-electron chi connectivity index (χ0n) is 12.5. The number of thioether (sulfide) groups is 1. The molecular formula is C14H20N4OS2. The van der Waals surface area contributed by atoms with E-state index in [1.807, 2.05) is 23.9 Å². The Kier molecular flexibility index (Phi) is 5.81. The fraction of sp³-hybridized carbons (Fsp3) is 0.500. The Morgan fingerprint density at radius 1 is 1.48 bits per heavy atom. The molecule has 0 bridgehead atoms. The third kappa shape index (κ3) is 4.57. The summed E-state index contributed by atoms with van der Waals surface area (Å²) in [7, 11) is 0. The smallest absolute Gasteiger partial charge is 0.235 e. The molecule has 7 heteroatoms. The normalized spacial score (nSPS) is 10.8. The van der Waals surface area contributed by atoms with Crippen LogP contribution in [-0.2, 0) is 11.3 Å². The standard InChI is InChI=1S/C14H20N4OS2/c1-4-5-6-18-13(10(2)7-15-18)17-12(19)9-21-14-16-11(3)8-20-14/h7-8H,4-6,9H2,1-3H3,(H,17,19). The van der Waals surface area contributed by atoms with E-state index in [1.54, 1.807) is 17.5 Å². The molecule has 2 rings (SSSR count). The van der Waals surface area contributed by atoms with Crippen molar-refractivity contribution < 1.29 is 4.79 Å². The fourth-order valence-electron chi connectivity index (χ4n) is 1.81. The molecule has 0 atom stereocenters. The molecule has 0 unspecified atom stereocenters. The Balaban J connectivity index is 1.91. The van der Waals surface area contributed by atoms with Crippen LogP contribution in [0.3, 0.4) is 0 Å². The van der Waals surface area contributed by atoms with Crippen LogP contribution in [-0.4, -0.2) is 26.4 Å². The maximum atomic E-state index is 12.1. The number of hydrogen-bond acceptors (Lipinski definition) is 5. The van der Waals surface area contributed by atoms with Crippen LogP contribution in [0.2, 0.25) is 0 Å². The van der Waals surface area contributed by atoms with Gasteiger partial charge in [-0.25, -0.2) is 9.67 Å². The largest absolute Gasteiger partial charge is 0.310 e. The van der Waals surface area contributed by atoms with Crippen LogP contribution < -0.4 is 5.32 Å². The first kappa shape index (κ1) is 16.0. The number of carbonyl (C=O) groups excluding carboxylic acids is 1. The topological polar surface area (TPSA) is 59.8 Å². The van der Waals surface area contributed by atoms with Gasteiger partial charge in [-0.2, -0.15) is 5.10 Å². The van der Waals surface area contributed by atoms with Gasteiger partial charge in [-0.3, -0.25) is 4.79 Å². The molecule has 2 aromatic heterocycles. The van der Waals surface area contributed by atoms with Crippen molar-refractivity contribution in [3.8, 4) is 0 Å². The summed E-state index contributed by atoms with van der Waals surface area (Å²) in [5, 5.41) is 9.27. The van der Waals surface area contributed by atoms with Crippen LogP contribution in [0.1, 0.15) is 31.0 Å². The van der Waals surface area contributed by atoms with Crippen LogP contribution in [0.5, 0.6) is 0 Å². The highest BCUT2D eigenvalue weighted by Gasteiger charge is 2.12. The van der Waals surface area contributed by atoms with E-state index in [0.717, 1.165) is 40.8 Å². The molecule has 114 valence electrons. The van der Waals surface area contributed by atoms with Crippen molar-refractivity contribution in [3.05, 3.63) is 22.8 Å². The first-order chi connectivity index (χ1) is 10.1. The number of thiazole rings is 1. The van der Waals surface area contributed by atoms with E-state index in [-0.39, 0.29) is 5.91 Å². The molecule has 5 nitrogen and oxygen atoms in total. The number of amides is 1. The summed E-state index contributed by atoms with van der Waals surface area (Å²) in [5.41, 5.74) is 1.99. The quantitative estimate of drug-likeness (QED) is 0.792. The van der Waals surface area contributed by atoms with Crippen molar-refractivity contribution in [2.45, 2.75) is 44.5 Å². The fourth-order valence-corrected chi connectivity index (χ4v) is 3.46. The Bertz CT molecular complexity index is 606. The minimum Gasteiger partial charge on any atom is -0.310 e. The van der Waals surface area contributed by atoms with Crippen molar-refractivity contribution in [1.82, 2.24) is 14.8 Å². The number of aryl methyl sites for hydroxylation is 3. The van der Waals surface area contributed by atoms with E-state index in [4.69, 9.17) is 0 Å². The first-order valence-corrected chi connectivity index (χ1v) is 8.84. The van der Waals surface area contributed by atoms with Gasteiger partial charge in [-0.15, -0.1) is 11.3 Å². The summed E-state index contributed by atoms with van der Waals surface area (Å²) < 4.78 is 2.80. The lowest BCUT2D eigenvalue weighted by Gasteiger charge is -2.09. The molecule has 2 aromatic rings. The van der Waals surface area contributed by atoms with Gasteiger partial charge in [0.1, 0.15) is 5.82 Å².